The summed E-state index contributed by atoms with van der Waals surface area (Å²) in [6, 6.07) is 3.48. The lowest BCUT2D eigenvalue weighted by atomic mass is 10.2. The van der Waals surface area contributed by atoms with Crippen molar-refractivity contribution in [3.63, 3.8) is 0 Å². The molecule has 2 aromatic rings. The van der Waals surface area contributed by atoms with E-state index in [1.165, 1.54) is 0 Å². The second-order valence-electron chi connectivity index (χ2n) is 3.76. The molecule has 2 N–H and O–H groups in total. The van der Waals surface area contributed by atoms with Crippen molar-refractivity contribution < 1.29 is 24.5 Å². The van der Waals surface area contributed by atoms with Crippen LogP contribution < -0.4 is 4.74 Å². The Morgan fingerprint density at radius 3 is 2.68 bits per heavy atom. The molecule has 7 heteroatoms. The molecule has 0 unspecified atom stereocenters. The Morgan fingerprint density at radius 1 is 1.37 bits per heavy atom. The highest BCUT2D eigenvalue weighted by atomic mass is 32.1. The number of aryl methyl sites for hydroxylation is 1. The maximum atomic E-state index is 11.1. The fourth-order valence-electron chi connectivity index (χ4n) is 1.61. The molecule has 0 atom stereocenters. The topological polar surface area (TPSA) is 96.7 Å². The summed E-state index contributed by atoms with van der Waals surface area (Å²) in [5.41, 5.74) is 0.843. The highest BCUT2D eigenvalue weighted by molar-refractivity contribution is 7.20. The van der Waals surface area contributed by atoms with Crippen LogP contribution in [0.15, 0.2) is 12.1 Å². The zero-order valence-corrected chi connectivity index (χ0v) is 10.9. The van der Waals surface area contributed by atoms with E-state index in [2.05, 4.69) is 4.98 Å². The molecule has 6 nitrogen and oxygen atoms in total. The van der Waals surface area contributed by atoms with Crippen molar-refractivity contribution in [1.29, 1.82) is 0 Å². The van der Waals surface area contributed by atoms with Gasteiger partial charge in [0.25, 0.3) is 0 Å². The summed E-state index contributed by atoms with van der Waals surface area (Å²) in [6.45, 7) is 1.36. The second-order valence-corrected chi connectivity index (χ2v) is 4.76. The van der Waals surface area contributed by atoms with Crippen LogP contribution in [0.5, 0.6) is 5.75 Å². The van der Waals surface area contributed by atoms with Gasteiger partial charge in [0.2, 0.25) is 0 Å². The molecule has 2 heterocycles. The molecule has 0 aromatic carbocycles. The van der Waals surface area contributed by atoms with Gasteiger partial charge in [-0.05, 0) is 18.6 Å². The third kappa shape index (κ3) is 2.65. The van der Waals surface area contributed by atoms with Crippen LogP contribution in [0.3, 0.4) is 0 Å². The third-order valence-electron chi connectivity index (χ3n) is 2.46. The van der Waals surface area contributed by atoms with E-state index in [9.17, 15) is 9.59 Å². The minimum atomic E-state index is -1.16. The van der Waals surface area contributed by atoms with Crippen LogP contribution >= 0.6 is 11.3 Å². The summed E-state index contributed by atoms with van der Waals surface area (Å²) < 4.78 is 5.08. The number of aromatic nitrogens is 1. The van der Waals surface area contributed by atoms with Gasteiger partial charge in [-0.2, -0.15) is 0 Å². The number of hydrogen-bond acceptors (Lipinski definition) is 5. The van der Waals surface area contributed by atoms with E-state index in [4.69, 9.17) is 14.9 Å². The van der Waals surface area contributed by atoms with Gasteiger partial charge in [-0.1, -0.05) is 6.92 Å². The highest BCUT2D eigenvalue weighted by Crippen LogP contribution is 2.37. The van der Waals surface area contributed by atoms with E-state index in [1.807, 2.05) is 6.92 Å². The third-order valence-corrected chi connectivity index (χ3v) is 3.53. The van der Waals surface area contributed by atoms with Gasteiger partial charge in [0, 0.05) is 5.69 Å². The Labute approximate surface area is 112 Å². The first-order valence-corrected chi connectivity index (χ1v) is 6.35. The van der Waals surface area contributed by atoms with Crippen molar-refractivity contribution in [2.24, 2.45) is 0 Å². The maximum Gasteiger partial charge on any atom is 0.349 e. The lowest BCUT2D eigenvalue weighted by Gasteiger charge is -2.03. The molecule has 0 aliphatic carbocycles. The molecule has 0 bridgehead atoms. The molecule has 0 radical (unpaired) electrons. The minimum absolute atomic E-state index is 0.0306. The van der Waals surface area contributed by atoms with Crippen molar-refractivity contribution in [3.8, 4) is 5.75 Å². The summed E-state index contributed by atoms with van der Waals surface area (Å²) >= 11 is 0.985. The van der Waals surface area contributed by atoms with E-state index >= 15 is 0 Å². The van der Waals surface area contributed by atoms with Crippen molar-refractivity contribution in [2.75, 3.05) is 6.61 Å². The zero-order chi connectivity index (χ0) is 14.0. The standard InChI is InChI=1S/C12H11NO5S/c1-2-6-3-4-7-9(18-5-8(14)15)10(12(16)17)19-11(7)13-6/h3-4H,2,5H2,1H3,(H,14,15)(H,16,17). The molecule has 0 amide bonds. The number of pyridine rings is 1. The molecule has 0 aliphatic rings. The van der Waals surface area contributed by atoms with Crippen molar-refractivity contribution in [1.82, 2.24) is 4.98 Å². The van der Waals surface area contributed by atoms with Gasteiger partial charge in [0.15, 0.2) is 17.2 Å². The lowest BCUT2D eigenvalue weighted by Crippen LogP contribution is -2.10. The molecule has 0 aliphatic heterocycles. The first-order chi connectivity index (χ1) is 9.02. The Morgan fingerprint density at radius 2 is 2.11 bits per heavy atom. The number of aromatic carboxylic acids is 1. The second kappa shape index (κ2) is 5.23. The molecular formula is C12H11NO5S. The van der Waals surface area contributed by atoms with Gasteiger partial charge in [-0.3, -0.25) is 0 Å². The number of ether oxygens (including phenoxy) is 1. The Balaban J connectivity index is 2.53. The number of thiophene rings is 1. The van der Waals surface area contributed by atoms with Gasteiger partial charge < -0.3 is 14.9 Å². The summed E-state index contributed by atoms with van der Waals surface area (Å²) in [6.07, 6.45) is 0.738. The lowest BCUT2D eigenvalue weighted by molar-refractivity contribution is -0.139. The molecular weight excluding hydrogens is 270 g/mol. The minimum Gasteiger partial charge on any atom is -0.479 e. The first-order valence-electron chi connectivity index (χ1n) is 5.53. The zero-order valence-electron chi connectivity index (χ0n) is 10.0. The predicted molar refractivity (Wildman–Crippen MR) is 69.1 cm³/mol. The van der Waals surface area contributed by atoms with Gasteiger partial charge in [-0.25, -0.2) is 14.6 Å². The molecule has 0 saturated heterocycles. The van der Waals surface area contributed by atoms with Crippen LogP contribution in [-0.4, -0.2) is 33.7 Å². The number of nitrogens with zero attached hydrogens (tertiary/aromatic N) is 1. The van der Waals surface area contributed by atoms with E-state index in [0.717, 1.165) is 23.5 Å². The molecule has 2 rings (SSSR count). The molecule has 100 valence electrons. The van der Waals surface area contributed by atoms with Crippen LogP contribution in [0.1, 0.15) is 22.3 Å². The summed E-state index contributed by atoms with van der Waals surface area (Å²) in [7, 11) is 0. The van der Waals surface area contributed by atoms with Crippen molar-refractivity contribution in [2.45, 2.75) is 13.3 Å². The number of aliphatic carboxylic acids is 1. The van der Waals surface area contributed by atoms with Crippen LogP contribution in [0.25, 0.3) is 10.2 Å². The van der Waals surface area contributed by atoms with E-state index in [1.54, 1.807) is 12.1 Å². The fraction of sp³-hybridized carbons (Fsp3) is 0.250. The average Bonchev–Trinajstić information content (AvgIpc) is 2.73. The normalized spacial score (nSPS) is 10.6. The summed E-state index contributed by atoms with van der Waals surface area (Å²) in [5.74, 6) is -2.24. The fourth-order valence-corrected chi connectivity index (χ4v) is 2.59. The smallest absolute Gasteiger partial charge is 0.349 e. The SMILES string of the molecule is CCc1ccc2c(OCC(=O)O)c(C(=O)O)sc2n1. The Hall–Kier alpha value is -2.15. The largest absolute Gasteiger partial charge is 0.479 e. The molecule has 2 aromatic heterocycles. The van der Waals surface area contributed by atoms with E-state index in [0.29, 0.717) is 10.2 Å². The van der Waals surface area contributed by atoms with Gasteiger partial charge >= 0.3 is 11.9 Å². The van der Waals surface area contributed by atoms with Crippen molar-refractivity contribution >= 4 is 33.5 Å². The quantitative estimate of drug-likeness (QED) is 0.870. The summed E-state index contributed by atoms with van der Waals surface area (Å²) in [4.78, 5) is 26.5. The predicted octanol–water partition coefficient (Wildman–Crippen LogP) is 2.02. The van der Waals surface area contributed by atoms with E-state index < -0.39 is 18.5 Å². The Bertz CT molecular complexity index is 649. The molecule has 19 heavy (non-hydrogen) atoms. The van der Waals surface area contributed by atoms with Crippen LogP contribution in [-0.2, 0) is 11.2 Å². The summed E-state index contributed by atoms with van der Waals surface area (Å²) in [5, 5.41) is 18.3. The molecule has 0 saturated carbocycles. The Kier molecular flexibility index (Phi) is 3.66. The number of rotatable bonds is 5. The van der Waals surface area contributed by atoms with Gasteiger partial charge in [0.1, 0.15) is 4.83 Å². The first kappa shape index (κ1) is 13.3. The number of hydrogen-bond donors (Lipinski definition) is 2. The molecule has 0 fully saturated rings. The van der Waals surface area contributed by atoms with E-state index in [-0.39, 0.29) is 10.6 Å². The van der Waals surface area contributed by atoms with Crippen molar-refractivity contribution in [3.05, 3.63) is 22.7 Å². The van der Waals surface area contributed by atoms with Gasteiger partial charge in [-0.15, -0.1) is 11.3 Å². The van der Waals surface area contributed by atoms with Gasteiger partial charge in [0.05, 0.1) is 5.39 Å². The maximum absolute atomic E-state index is 11.1. The number of fused-ring (bicyclic) bond motifs is 1. The number of carbonyl (C=O) groups is 2. The highest BCUT2D eigenvalue weighted by Gasteiger charge is 2.21. The monoisotopic (exact) mass is 281 g/mol. The average molecular weight is 281 g/mol. The molecule has 0 spiro atoms. The van der Waals surface area contributed by atoms with Crippen LogP contribution in [0.4, 0.5) is 0 Å². The van der Waals surface area contributed by atoms with Crippen LogP contribution in [0.2, 0.25) is 0 Å². The van der Waals surface area contributed by atoms with Crippen LogP contribution in [0, 0.1) is 0 Å². The number of carboxylic acid groups (broad SMARTS) is 2. The number of carboxylic acids is 2.